The molecule has 6 nitrogen and oxygen atoms in total. The van der Waals surface area contributed by atoms with Crippen molar-refractivity contribution in [2.45, 2.75) is 6.92 Å². The molecule has 1 heterocycles. The molecule has 7 heteroatoms. The zero-order valence-corrected chi connectivity index (χ0v) is 12.7. The molecule has 0 aliphatic rings. The van der Waals surface area contributed by atoms with Crippen LogP contribution in [0, 0.1) is 6.92 Å². The predicted molar refractivity (Wildman–Crippen MR) is 76.5 cm³/mol. The van der Waals surface area contributed by atoms with Crippen molar-refractivity contribution in [3.8, 4) is 22.8 Å². The van der Waals surface area contributed by atoms with Gasteiger partial charge in [-0.2, -0.15) is 5.10 Å². The highest BCUT2D eigenvalue weighted by molar-refractivity contribution is 9.10. The highest BCUT2D eigenvalue weighted by Crippen LogP contribution is 2.44. The highest BCUT2D eigenvalue weighted by atomic mass is 79.9. The summed E-state index contributed by atoms with van der Waals surface area (Å²) in [7, 11) is 3.06. The lowest BCUT2D eigenvalue weighted by molar-refractivity contribution is 0.0690. The maximum atomic E-state index is 10.9. The first-order valence-corrected chi connectivity index (χ1v) is 6.49. The number of carboxylic acid groups (broad SMARTS) is 1. The molecule has 2 N–H and O–H groups in total. The lowest BCUT2D eigenvalue weighted by Crippen LogP contribution is -1.97. The Morgan fingerprint density at radius 2 is 1.95 bits per heavy atom. The standard InChI is InChI=1S/C13H13BrN2O4/c1-6-4-7(14)11(19-2)12(20-3)10(6)8-5-9(13(17)18)16-15-8/h4-5H,1-3H3,(H,15,16)(H,17,18). The van der Waals surface area contributed by atoms with Gasteiger partial charge in [0.2, 0.25) is 0 Å². The Balaban J connectivity index is 2.68. The summed E-state index contributed by atoms with van der Waals surface area (Å²) in [6, 6.07) is 3.33. The third kappa shape index (κ3) is 2.36. The molecule has 0 spiro atoms. The van der Waals surface area contributed by atoms with E-state index in [-0.39, 0.29) is 5.69 Å². The molecule has 20 heavy (non-hydrogen) atoms. The summed E-state index contributed by atoms with van der Waals surface area (Å²) in [5, 5.41) is 15.5. The van der Waals surface area contributed by atoms with Crippen molar-refractivity contribution in [2.24, 2.45) is 0 Å². The number of H-pyrrole nitrogens is 1. The van der Waals surface area contributed by atoms with E-state index in [0.717, 1.165) is 10.0 Å². The monoisotopic (exact) mass is 340 g/mol. The van der Waals surface area contributed by atoms with E-state index in [4.69, 9.17) is 14.6 Å². The number of rotatable bonds is 4. The molecular weight excluding hydrogens is 328 g/mol. The molecule has 0 atom stereocenters. The van der Waals surface area contributed by atoms with Gasteiger partial charge in [0.15, 0.2) is 11.5 Å². The van der Waals surface area contributed by atoms with Crippen molar-refractivity contribution in [3.05, 3.63) is 27.9 Å². The van der Waals surface area contributed by atoms with Crippen LogP contribution in [-0.4, -0.2) is 35.5 Å². The fourth-order valence-electron chi connectivity index (χ4n) is 1.99. The van der Waals surface area contributed by atoms with Gasteiger partial charge in [0.25, 0.3) is 0 Å². The van der Waals surface area contributed by atoms with Gasteiger partial charge in [-0.3, -0.25) is 5.10 Å². The van der Waals surface area contributed by atoms with E-state index < -0.39 is 5.97 Å². The summed E-state index contributed by atoms with van der Waals surface area (Å²) < 4.78 is 11.5. The van der Waals surface area contributed by atoms with E-state index in [2.05, 4.69) is 26.1 Å². The fourth-order valence-corrected chi connectivity index (χ4v) is 2.68. The average molecular weight is 341 g/mol. The Morgan fingerprint density at radius 3 is 2.45 bits per heavy atom. The molecule has 0 radical (unpaired) electrons. The summed E-state index contributed by atoms with van der Waals surface area (Å²) in [4.78, 5) is 10.9. The Kier molecular flexibility index (Phi) is 3.99. The van der Waals surface area contributed by atoms with Crippen LogP contribution in [0.3, 0.4) is 0 Å². The molecule has 0 aliphatic carbocycles. The third-order valence-electron chi connectivity index (χ3n) is 2.86. The maximum absolute atomic E-state index is 10.9. The van der Waals surface area contributed by atoms with Crippen molar-refractivity contribution in [2.75, 3.05) is 14.2 Å². The number of methoxy groups -OCH3 is 2. The fraction of sp³-hybridized carbons (Fsp3) is 0.231. The van der Waals surface area contributed by atoms with Gasteiger partial charge in [0.05, 0.1) is 29.9 Å². The van der Waals surface area contributed by atoms with Crippen LogP contribution in [0.2, 0.25) is 0 Å². The van der Waals surface area contributed by atoms with Crippen molar-refractivity contribution < 1.29 is 19.4 Å². The molecule has 0 saturated carbocycles. The first-order chi connectivity index (χ1) is 9.49. The minimum Gasteiger partial charge on any atom is -0.492 e. The number of aromatic carboxylic acids is 1. The molecule has 2 rings (SSSR count). The molecule has 0 saturated heterocycles. The van der Waals surface area contributed by atoms with E-state index in [9.17, 15) is 4.79 Å². The van der Waals surface area contributed by atoms with E-state index in [1.165, 1.54) is 20.3 Å². The molecule has 0 fully saturated rings. The quantitative estimate of drug-likeness (QED) is 0.893. The number of halogens is 1. The molecule has 106 valence electrons. The van der Waals surface area contributed by atoms with Crippen molar-refractivity contribution in [1.29, 1.82) is 0 Å². The second kappa shape index (κ2) is 5.54. The van der Waals surface area contributed by atoms with Crippen LogP contribution in [0.15, 0.2) is 16.6 Å². The van der Waals surface area contributed by atoms with Gasteiger partial charge < -0.3 is 14.6 Å². The van der Waals surface area contributed by atoms with Crippen molar-refractivity contribution in [1.82, 2.24) is 10.2 Å². The van der Waals surface area contributed by atoms with E-state index in [1.54, 1.807) is 0 Å². The zero-order valence-electron chi connectivity index (χ0n) is 11.2. The van der Waals surface area contributed by atoms with Crippen LogP contribution in [-0.2, 0) is 0 Å². The highest BCUT2D eigenvalue weighted by Gasteiger charge is 2.21. The first-order valence-electron chi connectivity index (χ1n) is 5.69. The summed E-state index contributed by atoms with van der Waals surface area (Å²) >= 11 is 3.41. The number of carbonyl (C=O) groups is 1. The van der Waals surface area contributed by atoms with Crippen LogP contribution in [0.4, 0.5) is 0 Å². The van der Waals surface area contributed by atoms with Crippen LogP contribution >= 0.6 is 15.9 Å². The molecule has 2 aromatic rings. The van der Waals surface area contributed by atoms with Crippen LogP contribution in [0.25, 0.3) is 11.3 Å². The SMILES string of the molecule is COc1c(Br)cc(C)c(-c2cc(C(=O)O)[nH]n2)c1OC. The molecule has 0 unspecified atom stereocenters. The number of aryl methyl sites for hydroxylation is 1. The van der Waals surface area contributed by atoms with Crippen LogP contribution < -0.4 is 9.47 Å². The number of ether oxygens (including phenoxy) is 2. The number of hydrogen-bond donors (Lipinski definition) is 2. The second-order valence-electron chi connectivity index (χ2n) is 4.09. The van der Waals surface area contributed by atoms with Gasteiger partial charge in [0.1, 0.15) is 5.69 Å². The number of carboxylic acids is 1. The topological polar surface area (TPSA) is 84.4 Å². The molecule has 0 bridgehead atoms. The summed E-state index contributed by atoms with van der Waals surface area (Å²) in [5.41, 5.74) is 2.08. The van der Waals surface area contributed by atoms with Gasteiger partial charge in [-0.15, -0.1) is 0 Å². The maximum Gasteiger partial charge on any atom is 0.353 e. The largest absolute Gasteiger partial charge is 0.492 e. The number of nitrogens with zero attached hydrogens (tertiary/aromatic N) is 1. The number of aromatic amines is 1. The number of nitrogens with one attached hydrogen (secondary N) is 1. The predicted octanol–water partition coefficient (Wildman–Crippen LogP) is 2.86. The number of hydrogen-bond acceptors (Lipinski definition) is 4. The van der Waals surface area contributed by atoms with Crippen molar-refractivity contribution >= 4 is 21.9 Å². The van der Waals surface area contributed by atoms with Crippen LogP contribution in [0.5, 0.6) is 11.5 Å². The molecule has 1 aromatic carbocycles. The number of benzene rings is 1. The second-order valence-corrected chi connectivity index (χ2v) is 4.94. The van der Waals surface area contributed by atoms with Gasteiger partial charge >= 0.3 is 5.97 Å². The average Bonchev–Trinajstić information content (AvgIpc) is 2.87. The number of aromatic nitrogens is 2. The van der Waals surface area contributed by atoms with Gasteiger partial charge in [-0.1, -0.05) is 0 Å². The van der Waals surface area contributed by atoms with Gasteiger partial charge in [0, 0.05) is 0 Å². The normalized spacial score (nSPS) is 10.4. The van der Waals surface area contributed by atoms with Gasteiger partial charge in [-0.05, 0) is 40.5 Å². The molecule has 0 aliphatic heterocycles. The summed E-state index contributed by atoms with van der Waals surface area (Å²) in [6.45, 7) is 1.89. The minimum atomic E-state index is -1.07. The minimum absolute atomic E-state index is 0.0170. The van der Waals surface area contributed by atoms with Crippen LogP contribution in [0.1, 0.15) is 16.1 Å². The molecular formula is C13H13BrN2O4. The van der Waals surface area contributed by atoms with E-state index >= 15 is 0 Å². The first kappa shape index (κ1) is 14.4. The lowest BCUT2D eigenvalue weighted by Gasteiger charge is -2.15. The zero-order chi connectivity index (χ0) is 14.9. The Labute approximate surface area is 123 Å². The van der Waals surface area contributed by atoms with Gasteiger partial charge in [-0.25, -0.2) is 4.79 Å². The Bertz CT molecular complexity index is 667. The van der Waals surface area contributed by atoms with Crippen molar-refractivity contribution in [3.63, 3.8) is 0 Å². The molecule has 1 aromatic heterocycles. The van der Waals surface area contributed by atoms with E-state index in [0.29, 0.717) is 22.8 Å². The molecule has 0 amide bonds. The Morgan fingerprint density at radius 1 is 1.30 bits per heavy atom. The smallest absolute Gasteiger partial charge is 0.353 e. The summed E-state index contributed by atoms with van der Waals surface area (Å²) in [5.74, 6) is -0.0276. The summed E-state index contributed by atoms with van der Waals surface area (Å²) in [6.07, 6.45) is 0. The lowest BCUT2D eigenvalue weighted by atomic mass is 10.0. The van der Waals surface area contributed by atoms with E-state index in [1.807, 2.05) is 13.0 Å². The Hall–Kier alpha value is -2.02. The third-order valence-corrected chi connectivity index (χ3v) is 3.45.